The molecule has 1 unspecified atom stereocenters. The Kier molecular flexibility index (Phi) is 3.10. The summed E-state index contributed by atoms with van der Waals surface area (Å²) in [5.41, 5.74) is 4.09. The summed E-state index contributed by atoms with van der Waals surface area (Å²) >= 11 is 0. The van der Waals surface area contributed by atoms with Gasteiger partial charge in [0.15, 0.2) is 5.43 Å². The first-order valence-corrected chi connectivity index (χ1v) is 9.03. The van der Waals surface area contributed by atoms with Crippen LogP contribution in [0, 0.1) is 0 Å². The highest BCUT2D eigenvalue weighted by Gasteiger charge is 2.37. The van der Waals surface area contributed by atoms with Crippen molar-refractivity contribution in [3.8, 4) is 0 Å². The zero-order valence-corrected chi connectivity index (χ0v) is 15.5. The lowest BCUT2D eigenvalue weighted by molar-refractivity contribution is 0.102. The first-order chi connectivity index (χ1) is 12.9. The Bertz CT molecular complexity index is 1300. The first kappa shape index (κ1) is 16.1. The summed E-state index contributed by atoms with van der Waals surface area (Å²) in [5, 5.41) is 12.8. The smallest absolute Gasteiger partial charge is 0.197 e. The predicted octanol–water partition coefficient (Wildman–Crippen LogP) is 4.03. The molecular weight excluding hydrogens is 336 g/mol. The van der Waals surface area contributed by atoms with Crippen molar-refractivity contribution in [3.05, 3.63) is 82.0 Å². The number of aryl methyl sites for hydroxylation is 1. The molecule has 0 bridgehead atoms. The molecule has 1 N–H and O–H groups in total. The van der Waals surface area contributed by atoms with Crippen molar-refractivity contribution < 1.29 is 5.11 Å². The molecule has 2 heterocycles. The van der Waals surface area contributed by atoms with E-state index < -0.39 is 5.60 Å². The Hall–Kier alpha value is -3.11. The Balaban J connectivity index is 1.95. The third-order valence-electron chi connectivity index (χ3n) is 5.91. The molecule has 27 heavy (non-hydrogen) atoms. The number of hydrogen-bond donors (Lipinski definition) is 1. The summed E-state index contributed by atoms with van der Waals surface area (Å²) in [4.78, 5) is 15.2. The van der Waals surface area contributed by atoms with Crippen LogP contribution in [0.25, 0.3) is 21.8 Å². The fourth-order valence-electron chi connectivity index (χ4n) is 4.39. The van der Waals surface area contributed by atoms with Crippen molar-refractivity contribution in [1.82, 2.24) is 4.57 Å². The predicted molar refractivity (Wildman–Crippen MR) is 110 cm³/mol. The molecule has 1 aliphatic heterocycles. The number of para-hydroxylation sites is 2. The van der Waals surface area contributed by atoms with Gasteiger partial charge in [0, 0.05) is 47.4 Å². The van der Waals surface area contributed by atoms with Gasteiger partial charge >= 0.3 is 0 Å². The zero-order chi connectivity index (χ0) is 18.9. The Morgan fingerprint density at radius 2 is 1.52 bits per heavy atom. The summed E-state index contributed by atoms with van der Waals surface area (Å²) < 4.78 is 2.03. The summed E-state index contributed by atoms with van der Waals surface area (Å²) in [6.07, 6.45) is 0. The van der Waals surface area contributed by atoms with Gasteiger partial charge in [0.1, 0.15) is 5.60 Å². The van der Waals surface area contributed by atoms with Crippen LogP contribution in [0.2, 0.25) is 0 Å². The minimum atomic E-state index is -1.13. The summed E-state index contributed by atoms with van der Waals surface area (Å²) in [6, 6.07) is 19.4. The van der Waals surface area contributed by atoms with E-state index in [1.165, 1.54) is 0 Å². The van der Waals surface area contributed by atoms with E-state index in [0.29, 0.717) is 10.8 Å². The molecule has 0 saturated heterocycles. The van der Waals surface area contributed by atoms with Crippen LogP contribution in [-0.2, 0) is 12.6 Å². The number of fused-ring (bicyclic) bond motifs is 4. The summed E-state index contributed by atoms with van der Waals surface area (Å²) in [7, 11) is 3.94. The van der Waals surface area contributed by atoms with Gasteiger partial charge in [-0.3, -0.25) is 4.79 Å². The lowest BCUT2D eigenvalue weighted by Crippen LogP contribution is -2.33. The molecule has 0 spiro atoms. The molecule has 3 aromatic carbocycles. The number of pyridine rings is 1. The quantitative estimate of drug-likeness (QED) is 0.484. The molecule has 0 amide bonds. The minimum Gasteiger partial charge on any atom is -0.381 e. The number of hydrogen-bond acceptors (Lipinski definition) is 3. The molecule has 5 rings (SSSR count). The molecule has 0 saturated carbocycles. The van der Waals surface area contributed by atoms with Crippen molar-refractivity contribution in [1.29, 1.82) is 0 Å². The van der Waals surface area contributed by atoms with Crippen LogP contribution in [-0.4, -0.2) is 16.7 Å². The van der Waals surface area contributed by atoms with E-state index in [-0.39, 0.29) is 5.43 Å². The molecule has 4 aromatic rings. The molecule has 1 aliphatic rings. The minimum absolute atomic E-state index is 0.0217. The molecule has 1 aromatic heterocycles. The van der Waals surface area contributed by atoms with E-state index in [2.05, 4.69) is 4.90 Å². The molecule has 0 fully saturated rings. The standard InChI is InChI=1S/C23H20N2O2/c1-23(27)16-9-5-7-11-19(16)25(3)21-12-15-20(13-17(21)23)24(2)18-10-6-4-8-14(18)22(15)26/h4-13,27H,1-3H3. The van der Waals surface area contributed by atoms with Crippen LogP contribution < -0.4 is 10.3 Å². The van der Waals surface area contributed by atoms with Crippen LogP contribution in [0.5, 0.6) is 0 Å². The van der Waals surface area contributed by atoms with Crippen LogP contribution >= 0.6 is 0 Å². The fraction of sp³-hybridized carbons (Fsp3) is 0.174. The van der Waals surface area contributed by atoms with Gasteiger partial charge in [0.05, 0.1) is 11.0 Å². The molecule has 4 nitrogen and oxygen atoms in total. The number of anilines is 2. The van der Waals surface area contributed by atoms with Crippen molar-refractivity contribution in [3.63, 3.8) is 0 Å². The number of nitrogens with zero attached hydrogens (tertiary/aromatic N) is 2. The van der Waals surface area contributed by atoms with Gasteiger partial charge in [-0.25, -0.2) is 0 Å². The average Bonchev–Trinajstić information content (AvgIpc) is 2.69. The molecule has 134 valence electrons. The number of rotatable bonds is 0. The van der Waals surface area contributed by atoms with Crippen LogP contribution in [0.15, 0.2) is 65.5 Å². The normalized spacial score (nSPS) is 18.6. The van der Waals surface area contributed by atoms with Crippen LogP contribution in [0.4, 0.5) is 11.4 Å². The largest absolute Gasteiger partial charge is 0.381 e. The third-order valence-corrected chi connectivity index (χ3v) is 5.91. The molecule has 0 aliphatic carbocycles. The highest BCUT2D eigenvalue weighted by atomic mass is 16.3. The molecule has 1 atom stereocenters. The van der Waals surface area contributed by atoms with E-state index in [0.717, 1.165) is 33.5 Å². The SMILES string of the molecule is CN1c2ccccc2C(C)(O)c2cc3c(cc21)c(=O)c1ccccc1n3C. The maximum atomic E-state index is 13.1. The molecule has 4 heteroatoms. The second-order valence-electron chi connectivity index (χ2n) is 7.44. The van der Waals surface area contributed by atoms with Gasteiger partial charge < -0.3 is 14.6 Å². The number of benzene rings is 3. The number of aromatic nitrogens is 1. The van der Waals surface area contributed by atoms with E-state index >= 15 is 0 Å². The van der Waals surface area contributed by atoms with Gasteiger partial charge in [-0.15, -0.1) is 0 Å². The Labute approximate surface area is 156 Å². The van der Waals surface area contributed by atoms with Crippen LogP contribution in [0.1, 0.15) is 18.1 Å². The third kappa shape index (κ3) is 1.99. The van der Waals surface area contributed by atoms with Crippen LogP contribution in [0.3, 0.4) is 0 Å². The highest BCUT2D eigenvalue weighted by molar-refractivity contribution is 5.97. The maximum Gasteiger partial charge on any atom is 0.197 e. The van der Waals surface area contributed by atoms with Crippen molar-refractivity contribution in [2.75, 3.05) is 11.9 Å². The summed E-state index contributed by atoms with van der Waals surface area (Å²) in [6.45, 7) is 1.82. The van der Waals surface area contributed by atoms with E-state index in [9.17, 15) is 9.90 Å². The number of aliphatic hydroxyl groups is 1. The van der Waals surface area contributed by atoms with E-state index in [4.69, 9.17) is 0 Å². The average molecular weight is 356 g/mol. The van der Waals surface area contributed by atoms with Crippen molar-refractivity contribution in [2.24, 2.45) is 7.05 Å². The van der Waals surface area contributed by atoms with E-state index in [1.807, 2.05) is 86.2 Å². The van der Waals surface area contributed by atoms with Gasteiger partial charge in [-0.1, -0.05) is 30.3 Å². The molecular formula is C23H20N2O2. The van der Waals surface area contributed by atoms with Gasteiger partial charge in [-0.05, 0) is 37.3 Å². The van der Waals surface area contributed by atoms with Crippen molar-refractivity contribution >= 4 is 33.2 Å². The topological polar surface area (TPSA) is 45.5 Å². The van der Waals surface area contributed by atoms with Gasteiger partial charge in [0.2, 0.25) is 0 Å². The Morgan fingerprint density at radius 1 is 0.815 bits per heavy atom. The lowest BCUT2D eigenvalue weighted by Gasteiger charge is -2.39. The van der Waals surface area contributed by atoms with Crippen molar-refractivity contribution in [2.45, 2.75) is 12.5 Å². The Morgan fingerprint density at radius 3 is 2.33 bits per heavy atom. The zero-order valence-electron chi connectivity index (χ0n) is 15.5. The lowest BCUT2D eigenvalue weighted by atomic mass is 9.81. The van der Waals surface area contributed by atoms with Gasteiger partial charge in [0.25, 0.3) is 0 Å². The monoisotopic (exact) mass is 356 g/mol. The summed E-state index contributed by atoms with van der Waals surface area (Å²) in [5.74, 6) is 0. The highest BCUT2D eigenvalue weighted by Crippen LogP contribution is 2.47. The first-order valence-electron chi connectivity index (χ1n) is 9.03. The fourth-order valence-corrected chi connectivity index (χ4v) is 4.39. The molecule has 0 radical (unpaired) electrons. The second kappa shape index (κ2) is 5.21. The van der Waals surface area contributed by atoms with E-state index in [1.54, 1.807) is 0 Å². The maximum absolute atomic E-state index is 13.1. The van der Waals surface area contributed by atoms with Gasteiger partial charge in [-0.2, -0.15) is 0 Å². The second-order valence-corrected chi connectivity index (χ2v) is 7.44.